The number of halogens is 2. The van der Waals surface area contributed by atoms with Crippen molar-refractivity contribution in [1.82, 2.24) is 20.4 Å². The summed E-state index contributed by atoms with van der Waals surface area (Å²) in [5, 5.41) is 8.71. The van der Waals surface area contributed by atoms with Crippen molar-refractivity contribution in [2.45, 2.75) is 19.5 Å². The number of hydrogen-bond acceptors (Lipinski definition) is 4. The van der Waals surface area contributed by atoms with Gasteiger partial charge < -0.3 is 14.7 Å². The van der Waals surface area contributed by atoms with Crippen LogP contribution in [0.25, 0.3) is 17.0 Å². The molecule has 1 unspecified atom stereocenters. The third-order valence-corrected chi connectivity index (χ3v) is 6.36. The Hall–Kier alpha value is -3.55. The molecule has 170 valence electrons. The lowest BCUT2D eigenvalue weighted by Gasteiger charge is -2.37. The number of thiocarbonyl (C=S) groups is 1. The van der Waals surface area contributed by atoms with Crippen LogP contribution in [0.3, 0.4) is 0 Å². The first-order valence-corrected chi connectivity index (χ1v) is 11.5. The predicted molar refractivity (Wildman–Crippen MR) is 134 cm³/mol. The van der Waals surface area contributed by atoms with Crippen LogP contribution < -0.4 is 5.32 Å². The van der Waals surface area contributed by atoms with Crippen molar-refractivity contribution in [3.8, 4) is 11.4 Å². The lowest BCUT2D eigenvalue weighted by Crippen LogP contribution is -2.45. The first-order valence-electron chi connectivity index (χ1n) is 10.7. The molecule has 3 aromatic carbocycles. The van der Waals surface area contributed by atoms with Crippen LogP contribution in [0.4, 0.5) is 4.39 Å². The summed E-state index contributed by atoms with van der Waals surface area (Å²) >= 11 is 11.7. The normalized spacial score (nSPS) is 16.0. The third-order valence-electron chi connectivity index (χ3n) is 5.77. The van der Waals surface area contributed by atoms with Gasteiger partial charge in [-0.25, -0.2) is 4.39 Å². The van der Waals surface area contributed by atoms with Crippen molar-refractivity contribution in [3.05, 3.63) is 112 Å². The van der Waals surface area contributed by atoms with Crippen LogP contribution in [0.15, 0.2) is 89.1 Å². The molecular weight excluding hydrogens is 471 g/mol. The van der Waals surface area contributed by atoms with E-state index >= 15 is 0 Å². The minimum absolute atomic E-state index is 0.271. The molecule has 0 bridgehead atoms. The van der Waals surface area contributed by atoms with Gasteiger partial charge in [-0.1, -0.05) is 65.3 Å². The zero-order chi connectivity index (χ0) is 23.7. The Balaban J connectivity index is 1.60. The van der Waals surface area contributed by atoms with Crippen LogP contribution >= 0.6 is 23.8 Å². The van der Waals surface area contributed by atoms with E-state index in [0.29, 0.717) is 27.4 Å². The van der Waals surface area contributed by atoms with Crippen molar-refractivity contribution in [2.24, 2.45) is 0 Å². The molecule has 0 amide bonds. The largest absolute Gasteiger partial charge is 0.351 e. The summed E-state index contributed by atoms with van der Waals surface area (Å²) in [6, 6.07) is 23.5. The molecule has 0 fully saturated rings. The van der Waals surface area contributed by atoms with Gasteiger partial charge in [0, 0.05) is 21.8 Å². The summed E-state index contributed by atoms with van der Waals surface area (Å²) in [6.07, 6.45) is 0. The smallest absolute Gasteiger partial charge is 0.258 e. The molecule has 0 radical (unpaired) electrons. The molecule has 1 N–H and O–H groups in total. The van der Waals surface area contributed by atoms with Gasteiger partial charge >= 0.3 is 0 Å². The van der Waals surface area contributed by atoms with Crippen molar-refractivity contribution in [2.75, 3.05) is 0 Å². The maximum atomic E-state index is 14.4. The van der Waals surface area contributed by atoms with E-state index in [-0.39, 0.29) is 18.4 Å². The van der Waals surface area contributed by atoms with Gasteiger partial charge in [-0.3, -0.25) is 0 Å². The molecule has 2 heterocycles. The van der Waals surface area contributed by atoms with Gasteiger partial charge in [-0.05, 0) is 55.0 Å². The highest BCUT2D eigenvalue weighted by atomic mass is 35.5. The van der Waals surface area contributed by atoms with E-state index < -0.39 is 0 Å². The van der Waals surface area contributed by atoms with E-state index in [1.807, 2.05) is 60.4 Å². The van der Waals surface area contributed by atoms with Crippen molar-refractivity contribution in [3.63, 3.8) is 0 Å². The number of allylic oxidation sites excluding steroid dienone is 1. The summed E-state index contributed by atoms with van der Waals surface area (Å²) in [7, 11) is 0. The highest BCUT2D eigenvalue weighted by Gasteiger charge is 2.34. The van der Waals surface area contributed by atoms with E-state index in [0.717, 1.165) is 22.4 Å². The van der Waals surface area contributed by atoms with Crippen molar-refractivity contribution < 1.29 is 8.91 Å². The molecule has 0 saturated heterocycles. The number of nitrogens with zero attached hydrogens (tertiary/aromatic N) is 3. The fourth-order valence-corrected chi connectivity index (χ4v) is 4.44. The van der Waals surface area contributed by atoms with E-state index in [1.54, 1.807) is 24.3 Å². The molecule has 5 rings (SSSR count). The number of benzene rings is 3. The Morgan fingerprint density at radius 2 is 1.74 bits per heavy atom. The van der Waals surface area contributed by atoms with E-state index in [4.69, 9.17) is 28.3 Å². The second-order valence-electron chi connectivity index (χ2n) is 7.90. The molecule has 1 aliphatic heterocycles. The minimum atomic E-state index is -0.302. The monoisotopic (exact) mass is 490 g/mol. The average Bonchev–Trinajstić information content (AvgIpc) is 3.33. The molecule has 1 atom stereocenters. The van der Waals surface area contributed by atoms with Gasteiger partial charge in [-0.15, -0.1) is 0 Å². The number of nitrogens with one attached hydrogen (secondary N) is 1. The summed E-state index contributed by atoms with van der Waals surface area (Å²) < 4.78 is 20.2. The Morgan fingerprint density at radius 3 is 2.47 bits per heavy atom. The van der Waals surface area contributed by atoms with Crippen LogP contribution in [0.2, 0.25) is 5.02 Å². The number of aromatic nitrogens is 2. The average molecular weight is 491 g/mol. The highest BCUT2D eigenvalue weighted by Crippen LogP contribution is 2.38. The second-order valence-corrected chi connectivity index (χ2v) is 8.72. The Bertz CT molecular complexity index is 1370. The number of rotatable bonds is 5. The molecule has 1 aliphatic rings. The van der Waals surface area contributed by atoms with Crippen molar-refractivity contribution in [1.29, 1.82) is 0 Å². The van der Waals surface area contributed by atoms with Gasteiger partial charge in [0.15, 0.2) is 5.11 Å². The van der Waals surface area contributed by atoms with Crippen LogP contribution in [-0.4, -0.2) is 20.2 Å². The standard InChI is InChI=1S/C26H20ClFN4OS/c1-16-22(25-30-24(31-33-25)18-11-13-20(27)14-12-18)23(17-7-3-2-4-8-17)29-26(34)32(16)15-19-9-5-6-10-21(19)28/h2-14,23H,15H2,1H3,(H,29,34). The quantitative estimate of drug-likeness (QED) is 0.327. The van der Waals surface area contributed by atoms with Crippen LogP contribution in [-0.2, 0) is 6.54 Å². The SMILES string of the molecule is CC1=C(c2nc(-c3ccc(Cl)cc3)no2)C(c2ccccc2)NC(=S)N1Cc1ccccc1F. The fraction of sp³-hybridized carbons (Fsp3) is 0.115. The molecular formula is C26H20ClFN4OS. The third kappa shape index (κ3) is 4.32. The van der Waals surface area contributed by atoms with Gasteiger partial charge in [0.1, 0.15) is 5.82 Å². The molecule has 8 heteroatoms. The summed E-state index contributed by atoms with van der Waals surface area (Å²) in [6.45, 7) is 2.21. The van der Waals surface area contributed by atoms with Crippen LogP contribution in [0.1, 0.15) is 30.0 Å². The van der Waals surface area contributed by atoms with Crippen LogP contribution in [0.5, 0.6) is 0 Å². The lowest BCUT2D eigenvalue weighted by molar-refractivity contribution is 0.395. The van der Waals surface area contributed by atoms with Crippen LogP contribution in [0, 0.1) is 5.82 Å². The lowest BCUT2D eigenvalue weighted by atomic mass is 9.94. The second kappa shape index (κ2) is 9.37. The van der Waals surface area contributed by atoms with Crippen molar-refractivity contribution >= 4 is 34.5 Å². The number of hydrogen-bond donors (Lipinski definition) is 1. The molecule has 5 nitrogen and oxygen atoms in total. The maximum absolute atomic E-state index is 14.4. The Morgan fingerprint density at radius 1 is 1.03 bits per heavy atom. The molecule has 1 aromatic heterocycles. The summed E-state index contributed by atoms with van der Waals surface area (Å²) in [5.74, 6) is 0.532. The van der Waals surface area contributed by atoms with Gasteiger partial charge in [-0.2, -0.15) is 4.98 Å². The predicted octanol–water partition coefficient (Wildman–Crippen LogP) is 6.39. The van der Waals surface area contributed by atoms with Gasteiger partial charge in [0.25, 0.3) is 5.89 Å². The Labute approximate surface area is 206 Å². The molecule has 0 spiro atoms. The first-order chi connectivity index (χ1) is 16.5. The maximum Gasteiger partial charge on any atom is 0.258 e. The van der Waals surface area contributed by atoms with Gasteiger partial charge in [0.2, 0.25) is 5.82 Å². The fourth-order valence-electron chi connectivity index (χ4n) is 3.99. The van der Waals surface area contributed by atoms with E-state index in [1.165, 1.54) is 6.07 Å². The zero-order valence-corrected chi connectivity index (χ0v) is 19.8. The minimum Gasteiger partial charge on any atom is -0.351 e. The first kappa shape index (κ1) is 22.3. The topological polar surface area (TPSA) is 54.2 Å². The zero-order valence-electron chi connectivity index (χ0n) is 18.2. The summed E-state index contributed by atoms with van der Waals surface area (Å²) in [5.41, 5.74) is 3.92. The summed E-state index contributed by atoms with van der Waals surface area (Å²) in [4.78, 5) is 6.54. The molecule has 4 aromatic rings. The van der Waals surface area contributed by atoms with E-state index in [9.17, 15) is 4.39 Å². The highest BCUT2D eigenvalue weighted by molar-refractivity contribution is 7.80. The molecule has 0 saturated carbocycles. The molecule has 34 heavy (non-hydrogen) atoms. The van der Waals surface area contributed by atoms with Gasteiger partial charge in [0.05, 0.1) is 18.2 Å². The Kier molecular flexibility index (Phi) is 6.13. The van der Waals surface area contributed by atoms with E-state index in [2.05, 4.69) is 15.5 Å². The molecule has 0 aliphatic carbocycles.